The molecule has 25 heavy (non-hydrogen) atoms. The SMILES string of the molecule is CC[C@H](C(=O)NCC1CCN(c2cnccn2)CC1)c1ccccc1. The van der Waals surface area contributed by atoms with Gasteiger partial charge in [0.15, 0.2) is 0 Å². The van der Waals surface area contributed by atoms with E-state index in [9.17, 15) is 4.79 Å². The van der Waals surface area contributed by atoms with Crippen molar-refractivity contribution in [1.82, 2.24) is 15.3 Å². The Hall–Kier alpha value is -2.43. The molecular weight excluding hydrogens is 312 g/mol. The summed E-state index contributed by atoms with van der Waals surface area (Å²) in [4.78, 5) is 23.3. The molecule has 2 heterocycles. The molecule has 1 aliphatic rings. The predicted molar refractivity (Wildman–Crippen MR) is 99.5 cm³/mol. The molecule has 1 amide bonds. The van der Waals surface area contributed by atoms with Crippen LogP contribution < -0.4 is 10.2 Å². The number of nitrogens with one attached hydrogen (secondary N) is 1. The summed E-state index contributed by atoms with van der Waals surface area (Å²) in [5, 5.41) is 3.17. The molecule has 1 aromatic heterocycles. The van der Waals surface area contributed by atoms with Crippen LogP contribution in [-0.2, 0) is 4.79 Å². The molecule has 132 valence electrons. The van der Waals surface area contributed by atoms with Crippen molar-refractivity contribution >= 4 is 11.7 Å². The number of aromatic nitrogens is 2. The smallest absolute Gasteiger partial charge is 0.227 e. The van der Waals surface area contributed by atoms with Crippen LogP contribution in [0.25, 0.3) is 0 Å². The van der Waals surface area contributed by atoms with Crippen molar-refractivity contribution in [2.75, 3.05) is 24.5 Å². The van der Waals surface area contributed by atoms with Crippen LogP contribution in [-0.4, -0.2) is 35.5 Å². The van der Waals surface area contributed by atoms with Crippen LogP contribution in [0.4, 0.5) is 5.82 Å². The standard InChI is InChI=1S/C20H26N4O/c1-2-18(17-6-4-3-5-7-17)20(25)23-14-16-8-12-24(13-9-16)19-15-21-10-11-22-19/h3-7,10-11,15-16,18H,2,8-9,12-14H2,1H3,(H,23,25)/t18-/m0/s1. The van der Waals surface area contributed by atoms with Crippen molar-refractivity contribution in [3.8, 4) is 0 Å². The van der Waals surface area contributed by atoms with Gasteiger partial charge < -0.3 is 10.2 Å². The molecule has 1 aliphatic heterocycles. The second-order valence-electron chi connectivity index (χ2n) is 6.61. The van der Waals surface area contributed by atoms with Gasteiger partial charge in [0.25, 0.3) is 0 Å². The Kier molecular flexibility index (Phi) is 5.99. The molecule has 0 unspecified atom stereocenters. The number of hydrogen-bond acceptors (Lipinski definition) is 4. The van der Waals surface area contributed by atoms with Crippen LogP contribution in [0, 0.1) is 5.92 Å². The third kappa shape index (κ3) is 4.56. The molecule has 1 saturated heterocycles. The molecule has 0 spiro atoms. The minimum Gasteiger partial charge on any atom is -0.355 e. The summed E-state index contributed by atoms with van der Waals surface area (Å²) in [5.41, 5.74) is 1.10. The van der Waals surface area contributed by atoms with Gasteiger partial charge in [0.2, 0.25) is 5.91 Å². The Bertz CT molecular complexity index is 654. The average Bonchev–Trinajstić information content (AvgIpc) is 2.69. The minimum absolute atomic E-state index is 0.0547. The van der Waals surface area contributed by atoms with Crippen LogP contribution in [0.2, 0.25) is 0 Å². The largest absolute Gasteiger partial charge is 0.355 e. The summed E-state index contributed by atoms with van der Waals surface area (Å²) in [6.45, 7) is 4.76. The molecule has 0 radical (unpaired) electrons. The maximum Gasteiger partial charge on any atom is 0.227 e. The van der Waals surface area contributed by atoms with Gasteiger partial charge in [-0.15, -0.1) is 0 Å². The number of amides is 1. The zero-order chi connectivity index (χ0) is 17.5. The highest BCUT2D eigenvalue weighted by Gasteiger charge is 2.23. The number of nitrogens with zero attached hydrogens (tertiary/aromatic N) is 3. The lowest BCUT2D eigenvalue weighted by Gasteiger charge is -2.32. The zero-order valence-electron chi connectivity index (χ0n) is 14.8. The monoisotopic (exact) mass is 338 g/mol. The summed E-state index contributed by atoms with van der Waals surface area (Å²) in [5.74, 6) is 1.57. The summed E-state index contributed by atoms with van der Waals surface area (Å²) < 4.78 is 0. The van der Waals surface area contributed by atoms with Gasteiger partial charge in [0.05, 0.1) is 12.1 Å². The highest BCUT2D eigenvalue weighted by Crippen LogP contribution is 2.22. The van der Waals surface area contributed by atoms with E-state index < -0.39 is 0 Å². The maximum absolute atomic E-state index is 12.6. The third-order valence-electron chi connectivity index (χ3n) is 4.98. The molecule has 5 heteroatoms. The summed E-state index contributed by atoms with van der Waals surface area (Å²) in [7, 11) is 0. The number of rotatable bonds is 6. The Morgan fingerprint density at radius 2 is 2.00 bits per heavy atom. The van der Waals surface area contributed by atoms with Crippen LogP contribution in [0.5, 0.6) is 0 Å². The lowest BCUT2D eigenvalue weighted by Crippen LogP contribution is -2.40. The van der Waals surface area contributed by atoms with E-state index in [1.54, 1.807) is 12.4 Å². The van der Waals surface area contributed by atoms with E-state index in [4.69, 9.17) is 0 Å². The molecule has 5 nitrogen and oxygen atoms in total. The van der Waals surface area contributed by atoms with Crippen molar-refractivity contribution < 1.29 is 4.79 Å². The summed E-state index contributed by atoms with van der Waals surface area (Å²) in [6.07, 6.45) is 8.20. The zero-order valence-corrected chi connectivity index (χ0v) is 14.8. The second kappa shape index (κ2) is 8.60. The van der Waals surface area contributed by atoms with E-state index >= 15 is 0 Å². The highest BCUT2D eigenvalue weighted by atomic mass is 16.1. The minimum atomic E-state index is -0.0547. The van der Waals surface area contributed by atoms with Crippen molar-refractivity contribution in [2.24, 2.45) is 5.92 Å². The molecule has 1 N–H and O–H groups in total. The van der Waals surface area contributed by atoms with Gasteiger partial charge in [-0.2, -0.15) is 0 Å². The Morgan fingerprint density at radius 3 is 2.64 bits per heavy atom. The fourth-order valence-electron chi connectivity index (χ4n) is 3.45. The number of benzene rings is 1. The van der Waals surface area contributed by atoms with Crippen LogP contribution in [0.1, 0.15) is 37.7 Å². The van der Waals surface area contributed by atoms with Gasteiger partial charge in [-0.3, -0.25) is 9.78 Å². The number of hydrogen-bond donors (Lipinski definition) is 1. The quantitative estimate of drug-likeness (QED) is 0.880. The lowest BCUT2D eigenvalue weighted by molar-refractivity contribution is -0.122. The molecule has 0 saturated carbocycles. The third-order valence-corrected chi connectivity index (χ3v) is 4.98. The van der Waals surface area contributed by atoms with Gasteiger partial charge in [-0.1, -0.05) is 37.3 Å². The summed E-state index contributed by atoms with van der Waals surface area (Å²) >= 11 is 0. The van der Waals surface area contributed by atoms with Crippen molar-refractivity contribution in [3.63, 3.8) is 0 Å². The van der Waals surface area contributed by atoms with E-state index in [1.165, 1.54) is 0 Å². The fourth-order valence-corrected chi connectivity index (χ4v) is 3.45. The van der Waals surface area contributed by atoms with Crippen LogP contribution in [0.15, 0.2) is 48.9 Å². The highest BCUT2D eigenvalue weighted by molar-refractivity contribution is 5.83. The topological polar surface area (TPSA) is 58.1 Å². The van der Waals surface area contributed by atoms with Crippen molar-refractivity contribution in [1.29, 1.82) is 0 Å². The van der Waals surface area contributed by atoms with Crippen molar-refractivity contribution in [2.45, 2.75) is 32.1 Å². The Balaban J connectivity index is 1.47. The molecule has 0 bridgehead atoms. The number of carbonyl (C=O) groups is 1. The average molecular weight is 338 g/mol. The van der Waals surface area contributed by atoms with Crippen LogP contribution in [0.3, 0.4) is 0 Å². The molecule has 1 atom stereocenters. The lowest BCUT2D eigenvalue weighted by atomic mass is 9.94. The fraction of sp³-hybridized carbons (Fsp3) is 0.450. The Labute approximate surface area is 149 Å². The van der Waals surface area contributed by atoms with E-state index in [-0.39, 0.29) is 11.8 Å². The van der Waals surface area contributed by atoms with Gasteiger partial charge in [-0.25, -0.2) is 4.98 Å². The van der Waals surface area contributed by atoms with Gasteiger partial charge in [0, 0.05) is 32.0 Å². The first-order chi connectivity index (χ1) is 12.3. The van der Waals surface area contributed by atoms with Crippen molar-refractivity contribution in [3.05, 3.63) is 54.5 Å². The number of anilines is 1. The van der Waals surface area contributed by atoms with E-state index in [2.05, 4.69) is 27.1 Å². The van der Waals surface area contributed by atoms with E-state index in [0.717, 1.165) is 50.3 Å². The molecular formula is C20H26N4O. The predicted octanol–water partition coefficient (Wildman–Crippen LogP) is 3.00. The molecule has 1 fully saturated rings. The first-order valence-corrected chi connectivity index (χ1v) is 9.11. The number of piperidine rings is 1. The van der Waals surface area contributed by atoms with E-state index in [1.807, 2.05) is 36.5 Å². The van der Waals surface area contributed by atoms with Gasteiger partial charge in [0.1, 0.15) is 5.82 Å². The molecule has 0 aliphatic carbocycles. The van der Waals surface area contributed by atoms with E-state index in [0.29, 0.717) is 5.92 Å². The molecule has 3 rings (SSSR count). The normalized spacial score (nSPS) is 16.4. The first kappa shape index (κ1) is 17.4. The number of carbonyl (C=O) groups excluding carboxylic acids is 1. The van der Waals surface area contributed by atoms with Gasteiger partial charge in [-0.05, 0) is 30.7 Å². The summed E-state index contributed by atoms with van der Waals surface area (Å²) in [6, 6.07) is 10.0. The Morgan fingerprint density at radius 1 is 1.24 bits per heavy atom. The maximum atomic E-state index is 12.6. The first-order valence-electron chi connectivity index (χ1n) is 9.11. The molecule has 2 aromatic rings. The van der Waals surface area contributed by atoms with Gasteiger partial charge >= 0.3 is 0 Å². The second-order valence-corrected chi connectivity index (χ2v) is 6.61. The molecule has 1 aromatic carbocycles. The van der Waals surface area contributed by atoms with Crippen LogP contribution >= 0.6 is 0 Å².